The second-order valence-electron chi connectivity index (χ2n) is 3.30. The number of hydrogen-bond acceptors (Lipinski definition) is 4. The summed E-state index contributed by atoms with van der Waals surface area (Å²) in [6.07, 6.45) is -4.00. The normalized spacial score (nSPS) is 11.3. The molecule has 0 atom stereocenters. The van der Waals surface area contributed by atoms with Crippen molar-refractivity contribution in [2.75, 3.05) is 7.11 Å². The summed E-state index contributed by atoms with van der Waals surface area (Å²) in [5.41, 5.74) is 0.577. The van der Waals surface area contributed by atoms with E-state index < -0.39 is 18.1 Å². The van der Waals surface area contributed by atoms with E-state index in [0.29, 0.717) is 9.26 Å². The SMILES string of the molecule is COC(=O)Cc1c(I)ncc(OC(F)(F)F)c1CBr. The number of carbonyl (C=O) groups excluding carboxylic acids is 1. The molecule has 1 heterocycles. The fraction of sp³-hybridized carbons (Fsp3) is 0.400. The van der Waals surface area contributed by atoms with E-state index in [1.165, 1.54) is 7.11 Å². The van der Waals surface area contributed by atoms with Crippen LogP contribution in [0.15, 0.2) is 6.20 Å². The highest BCUT2D eigenvalue weighted by molar-refractivity contribution is 14.1. The van der Waals surface area contributed by atoms with E-state index in [-0.39, 0.29) is 17.3 Å². The molecule has 0 amide bonds. The molecule has 0 aliphatic rings. The molecule has 0 radical (unpaired) electrons. The Balaban J connectivity index is 3.21. The van der Waals surface area contributed by atoms with Crippen molar-refractivity contribution < 1.29 is 27.4 Å². The van der Waals surface area contributed by atoms with Crippen LogP contribution in [0.5, 0.6) is 5.75 Å². The van der Waals surface area contributed by atoms with Gasteiger partial charge in [-0.15, -0.1) is 13.2 Å². The highest BCUT2D eigenvalue weighted by Gasteiger charge is 2.33. The molecular formula is C10H8BrF3INO3. The fourth-order valence-corrected chi connectivity index (χ4v) is 2.57. The molecule has 0 saturated heterocycles. The van der Waals surface area contributed by atoms with Crippen LogP contribution >= 0.6 is 38.5 Å². The van der Waals surface area contributed by atoms with Gasteiger partial charge < -0.3 is 9.47 Å². The van der Waals surface area contributed by atoms with E-state index >= 15 is 0 Å². The van der Waals surface area contributed by atoms with Gasteiger partial charge in [-0.25, -0.2) is 4.98 Å². The van der Waals surface area contributed by atoms with Crippen LogP contribution in [-0.2, 0) is 21.3 Å². The summed E-state index contributed by atoms with van der Waals surface area (Å²) in [5.74, 6) is -0.991. The summed E-state index contributed by atoms with van der Waals surface area (Å²) in [6, 6.07) is 0. The molecule has 106 valence electrons. The number of carbonyl (C=O) groups is 1. The molecule has 0 unspecified atom stereocenters. The van der Waals surface area contributed by atoms with Crippen LogP contribution < -0.4 is 4.74 Å². The Labute approximate surface area is 128 Å². The Morgan fingerprint density at radius 2 is 2.11 bits per heavy atom. The Kier molecular flexibility index (Phi) is 5.83. The van der Waals surface area contributed by atoms with Gasteiger partial charge >= 0.3 is 12.3 Å². The van der Waals surface area contributed by atoms with Crippen molar-refractivity contribution >= 4 is 44.5 Å². The summed E-state index contributed by atoms with van der Waals surface area (Å²) in [7, 11) is 1.20. The predicted molar refractivity (Wildman–Crippen MR) is 72.0 cm³/mol. The van der Waals surface area contributed by atoms with Crippen LogP contribution in [-0.4, -0.2) is 24.4 Å². The number of nitrogens with zero attached hydrogens (tertiary/aromatic N) is 1. The summed E-state index contributed by atoms with van der Waals surface area (Å²) < 4.78 is 45.6. The van der Waals surface area contributed by atoms with Crippen LogP contribution in [0.25, 0.3) is 0 Å². The maximum absolute atomic E-state index is 12.3. The van der Waals surface area contributed by atoms with Gasteiger partial charge in [0, 0.05) is 16.5 Å². The van der Waals surface area contributed by atoms with Gasteiger partial charge in [0.05, 0.1) is 19.7 Å². The van der Waals surface area contributed by atoms with E-state index in [9.17, 15) is 18.0 Å². The lowest BCUT2D eigenvalue weighted by atomic mass is 10.1. The second-order valence-corrected chi connectivity index (χ2v) is 4.89. The monoisotopic (exact) mass is 453 g/mol. The number of alkyl halides is 4. The Morgan fingerprint density at radius 3 is 2.58 bits per heavy atom. The topological polar surface area (TPSA) is 48.4 Å². The Morgan fingerprint density at radius 1 is 1.47 bits per heavy atom. The molecule has 0 aliphatic carbocycles. The fourth-order valence-electron chi connectivity index (χ4n) is 1.30. The molecule has 19 heavy (non-hydrogen) atoms. The molecule has 0 fully saturated rings. The van der Waals surface area contributed by atoms with Crippen LogP contribution in [0.3, 0.4) is 0 Å². The first kappa shape index (κ1) is 16.5. The van der Waals surface area contributed by atoms with Gasteiger partial charge in [0.15, 0.2) is 5.75 Å². The standard InChI is InChI=1S/C10H8BrF3INO3/c1-18-8(17)2-5-6(3-11)7(4-16-9(5)15)19-10(12,13)14/h4H,2-3H2,1H3. The molecule has 0 bridgehead atoms. The maximum Gasteiger partial charge on any atom is 0.573 e. The molecule has 0 saturated carbocycles. The number of methoxy groups -OCH3 is 1. The molecule has 1 rings (SSSR count). The molecule has 9 heteroatoms. The predicted octanol–water partition coefficient (Wildman–Crippen LogP) is 3.20. The first-order chi connectivity index (χ1) is 8.78. The van der Waals surface area contributed by atoms with Gasteiger partial charge in [-0.2, -0.15) is 0 Å². The minimum Gasteiger partial charge on any atom is -0.469 e. The summed E-state index contributed by atoms with van der Waals surface area (Å²) in [5, 5.41) is 0.100. The van der Waals surface area contributed by atoms with Gasteiger partial charge in [0.25, 0.3) is 0 Å². The number of rotatable bonds is 4. The van der Waals surface area contributed by atoms with Crippen molar-refractivity contribution in [1.29, 1.82) is 0 Å². The molecule has 4 nitrogen and oxygen atoms in total. The number of halogens is 5. The molecule has 0 aliphatic heterocycles. The van der Waals surface area contributed by atoms with E-state index in [2.05, 4.69) is 30.4 Å². The molecule has 0 spiro atoms. The van der Waals surface area contributed by atoms with Crippen molar-refractivity contribution in [1.82, 2.24) is 4.98 Å². The van der Waals surface area contributed by atoms with Crippen LogP contribution in [0.4, 0.5) is 13.2 Å². The number of ether oxygens (including phenoxy) is 2. The molecule has 0 aromatic carbocycles. The van der Waals surface area contributed by atoms with Gasteiger partial charge in [-0.3, -0.25) is 4.79 Å². The third-order valence-electron chi connectivity index (χ3n) is 2.11. The van der Waals surface area contributed by atoms with Crippen LogP contribution in [0, 0.1) is 3.70 Å². The third-order valence-corrected chi connectivity index (χ3v) is 3.60. The van der Waals surface area contributed by atoms with Crippen molar-refractivity contribution in [2.24, 2.45) is 0 Å². The quantitative estimate of drug-likeness (QED) is 0.304. The maximum atomic E-state index is 12.3. The summed E-state index contributed by atoms with van der Waals surface area (Å²) >= 11 is 4.92. The Hall–Kier alpha value is -0.580. The first-order valence-electron chi connectivity index (χ1n) is 4.83. The van der Waals surface area contributed by atoms with E-state index in [4.69, 9.17) is 0 Å². The van der Waals surface area contributed by atoms with Crippen molar-refractivity contribution in [3.8, 4) is 5.75 Å². The highest BCUT2D eigenvalue weighted by Crippen LogP contribution is 2.31. The third kappa shape index (κ3) is 4.79. The number of aromatic nitrogens is 1. The van der Waals surface area contributed by atoms with Crippen molar-refractivity contribution in [3.05, 3.63) is 21.0 Å². The smallest absolute Gasteiger partial charge is 0.469 e. The van der Waals surface area contributed by atoms with E-state index in [1.54, 1.807) is 0 Å². The van der Waals surface area contributed by atoms with Crippen LogP contribution in [0.2, 0.25) is 0 Å². The second kappa shape index (κ2) is 6.73. The number of pyridine rings is 1. The lowest BCUT2D eigenvalue weighted by Gasteiger charge is -2.15. The zero-order valence-electron chi connectivity index (χ0n) is 9.55. The van der Waals surface area contributed by atoms with Gasteiger partial charge in [0.2, 0.25) is 0 Å². The minimum absolute atomic E-state index is 0.100. The number of hydrogen-bond donors (Lipinski definition) is 0. The van der Waals surface area contributed by atoms with Crippen molar-refractivity contribution in [3.63, 3.8) is 0 Å². The van der Waals surface area contributed by atoms with Gasteiger partial charge in [0.1, 0.15) is 3.70 Å². The lowest BCUT2D eigenvalue weighted by molar-refractivity contribution is -0.275. The summed E-state index contributed by atoms with van der Waals surface area (Å²) in [4.78, 5) is 15.1. The van der Waals surface area contributed by atoms with Gasteiger partial charge in [-0.05, 0) is 22.6 Å². The van der Waals surface area contributed by atoms with E-state index in [1.807, 2.05) is 22.6 Å². The average Bonchev–Trinajstić information content (AvgIpc) is 2.31. The van der Waals surface area contributed by atoms with E-state index in [0.717, 1.165) is 6.20 Å². The minimum atomic E-state index is -4.81. The Bertz CT molecular complexity index is 482. The average molecular weight is 454 g/mol. The molecule has 1 aromatic rings. The summed E-state index contributed by atoms with van der Waals surface area (Å²) in [6.45, 7) is 0. The molecule has 1 aromatic heterocycles. The molecule has 0 N–H and O–H groups in total. The first-order valence-corrected chi connectivity index (χ1v) is 7.03. The zero-order chi connectivity index (χ0) is 14.6. The zero-order valence-corrected chi connectivity index (χ0v) is 13.3. The molecular weight excluding hydrogens is 446 g/mol. The van der Waals surface area contributed by atoms with Crippen molar-refractivity contribution in [2.45, 2.75) is 18.1 Å². The van der Waals surface area contributed by atoms with Crippen LogP contribution in [0.1, 0.15) is 11.1 Å². The largest absolute Gasteiger partial charge is 0.573 e. The lowest BCUT2D eigenvalue weighted by Crippen LogP contribution is -2.19. The van der Waals surface area contributed by atoms with Gasteiger partial charge in [-0.1, -0.05) is 15.9 Å². The highest BCUT2D eigenvalue weighted by atomic mass is 127. The number of esters is 1.